The summed E-state index contributed by atoms with van der Waals surface area (Å²) < 4.78 is 7.50. The number of carbonyl (C=O) groups excluding carboxylic acids is 2. The summed E-state index contributed by atoms with van der Waals surface area (Å²) in [6.07, 6.45) is 0.135. The molecule has 3 heterocycles. The third-order valence-corrected chi connectivity index (χ3v) is 4.84. The Labute approximate surface area is 158 Å². The van der Waals surface area contributed by atoms with Gasteiger partial charge in [0.05, 0.1) is 10.4 Å². The van der Waals surface area contributed by atoms with Gasteiger partial charge in [-0.25, -0.2) is 0 Å². The van der Waals surface area contributed by atoms with Crippen LogP contribution in [0.3, 0.4) is 0 Å². The Bertz CT molecular complexity index is 984. The highest BCUT2D eigenvalue weighted by Gasteiger charge is 2.15. The molecule has 0 aliphatic heterocycles. The van der Waals surface area contributed by atoms with E-state index < -0.39 is 5.91 Å². The Kier molecular flexibility index (Phi) is 5.33. The minimum atomic E-state index is -0.424. The molecule has 0 radical (unpaired) electrons. The van der Waals surface area contributed by atoms with E-state index in [1.165, 1.54) is 11.3 Å². The summed E-state index contributed by atoms with van der Waals surface area (Å²) in [6, 6.07) is 5.47. The van der Waals surface area contributed by atoms with Gasteiger partial charge in [0.15, 0.2) is 10.6 Å². The van der Waals surface area contributed by atoms with Crippen LogP contribution >= 0.6 is 23.6 Å². The van der Waals surface area contributed by atoms with Crippen molar-refractivity contribution in [2.75, 3.05) is 0 Å². The number of thiophene rings is 1. The highest BCUT2D eigenvalue weighted by molar-refractivity contribution is 7.71. The molecule has 8 nitrogen and oxygen atoms in total. The molecular formula is C16H17N5O3S2. The van der Waals surface area contributed by atoms with E-state index in [0.717, 1.165) is 4.88 Å². The predicted molar refractivity (Wildman–Crippen MR) is 99.1 cm³/mol. The Morgan fingerprint density at radius 2 is 2.19 bits per heavy atom. The summed E-state index contributed by atoms with van der Waals surface area (Å²) in [5, 5.41) is 8.89. The van der Waals surface area contributed by atoms with Gasteiger partial charge in [-0.3, -0.25) is 30.1 Å². The van der Waals surface area contributed by atoms with Gasteiger partial charge in [0.1, 0.15) is 11.5 Å². The van der Waals surface area contributed by atoms with Crippen LogP contribution in [0, 0.1) is 18.6 Å². The maximum Gasteiger partial charge on any atom is 0.273 e. The molecular weight excluding hydrogens is 374 g/mol. The Balaban J connectivity index is 1.57. The zero-order chi connectivity index (χ0) is 18.7. The zero-order valence-electron chi connectivity index (χ0n) is 14.2. The van der Waals surface area contributed by atoms with E-state index in [-0.39, 0.29) is 12.3 Å². The summed E-state index contributed by atoms with van der Waals surface area (Å²) in [4.78, 5) is 25.1. The highest BCUT2D eigenvalue weighted by Crippen LogP contribution is 2.22. The van der Waals surface area contributed by atoms with Gasteiger partial charge in [-0.15, -0.1) is 11.3 Å². The topological polar surface area (TPSA) is 105 Å². The summed E-state index contributed by atoms with van der Waals surface area (Å²) >= 11 is 6.76. The number of H-pyrrole nitrogens is 1. The number of hydrogen-bond acceptors (Lipinski definition) is 6. The van der Waals surface area contributed by atoms with Gasteiger partial charge in [-0.05, 0) is 43.6 Å². The predicted octanol–water partition coefficient (Wildman–Crippen LogP) is 2.73. The van der Waals surface area contributed by atoms with Gasteiger partial charge in [0.2, 0.25) is 5.91 Å². The first-order chi connectivity index (χ1) is 12.5. The summed E-state index contributed by atoms with van der Waals surface area (Å²) in [5.74, 6) is 1.06. The van der Waals surface area contributed by atoms with Crippen molar-refractivity contribution >= 4 is 35.4 Å². The number of carbonyl (C=O) groups is 2. The van der Waals surface area contributed by atoms with E-state index in [1.54, 1.807) is 24.5 Å². The Morgan fingerprint density at radius 3 is 2.85 bits per heavy atom. The van der Waals surface area contributed by atoms with Crippen LogP contribution in [-0.4, -0.2) is 26.6 Å². The van der Waals surface area contributed by atoms with Gasteiger partial charge >= 0.3 is 0 Å². The lowest BCUT2D eigenvalue weighted by molar-refractivity contribution is -0.122. The van der Waals surface area contributed by atoms with E-state index in [2.05, 4.69) is 21.0 Å². The number of aromatic amines is 1. The molecule has 3 N–H and O–H groups in total. The fraction of sp³-hybridized carbons (Fsp3) is 0.250. The van der Waals surface area contributed by atoms with Crippen molar-refractivity contribution in [3.05, 3.63) is 45.4 Å². The molecule has 3 rings (SSSR count). The van der Waals surface area contributed by atoms with Crippen LogP contribution in [-0.2, 0) is 11.3 Å². The molecule has 0 aliphatic rings. The Hall–Kier alpha value is -2.72. The van der Waals surface area contributed by atoms with Crippen LogP contribution in [0.5, 0.6) is 0 Å². The molecule has 26 heavy (non-hydrogen) atoms. The fourth-order valence-corrected chi connectivity index (χ4v) is 3.39. The average Bonchev–Trinajstić information content (AvgIpc) is 3.31. The Morgan fingerprint density at radius 1 is 1.38 bits per heavy atom. The quantitative estimate of drug-likeness (QED) is 0.458. The first-order valence-electron chi connectivity index (χ1n) is 7.81. The number of aryl methyl sites for hydroxylation is 2. The van der Waals surface area contributed by atoms with Crippen LogP contribution in [0.1, 0.15) is 28.3 Å². The molecule has 10 heteroatoms. The molecule has 0 saturated carbocycles. The molecule has 2 amide bonds. The van der Waals surface area contributed by atoms with Crippen LogP contribution in [0.2, 0.25) is 0 Å². The van der Waals surface area contributed by atoms with Crippen molar-refractivity contribution < 1.29 is 14.0 Å². The second-order valence-corrected chi connectivity index (χ2v) is 6.89. The third-order valence-electron chi connectivity index (χ3n) is 3.66. The largest absolute Gasteiger partial charge is 0.466 e. The van der Waals surface area contributed by atoms with Gasteiger partial charge < -0.3 is 4.42 Å². The van der Waals surface area contributed by atoms with E-state index in [0.29, 0.717) is 34.2 Å². The van der Waals surface area contributed by atoms with E-state index in [4.69, 9.17) is 16.6 Å². The fourth-order valence-electron chi connectivity index (χ4n) is 2.44. The number of hydrazine groups is 1. The van der Waals surface area contributed by atoms with E-state index in [1.807, 2.05) is 17.5 Å². The summed E-state index contributed by atoms with van der Waals surface area (Å²) in [7, 11) is 0. The van der Waals surface area contributed by atoms with Gasteiger partial charge in [-0.1, -0.05) is 6.07 Å². The van der Waals surface area contributed by atoms with E-state index in [9.17, 15) is 9.59 Å². The average molecular weight is 391 g/mol. The lowest BCUT2D eigenvalue weighted by Crippen LogP contribution is -2.42. The molecule has 3 aromatic rings. The van der Waals surface area contributed by atoms with Crippen molar-refractivity contribution in [1.29, 1.82) is 0 Å². The molecule has 0 spiro atoms. The van der Waals surface area contributed by atoms with Gasteiger partial charge in [-0.2, -0.15) is 5.10 Å². The van der Waals surface area contributed by atoms with Crippen LogP contribution in [0.15, 0.2) is 28.0 Å². The highest BCUT2D eigenvalue weighted by atomic mass is 32.1. The normalized spacial score (nSPS) is 10.7. The smallest absolute Gasteiger partial charge is 0.273 e. The number of nitrogens with one attached hydrogen (secondary N) is 3. The van der Waals surface area contributed by atoms with Crippen LogP contribution in [0.4, 0.5) is 0 Å². The molecule has 0 saturated heterocycles. The number of rotatable bonds is 5. The van der Waals surface area contributed by atoms with Gasteiger partial charge in [0, 0.05) is 13.0 Å². The maximum absolute atomic E-state index is 12.1. The van der Waals surface area contributed by atoms with E-state index >= 15 is 0 Å². The number of amides is 2. The molecule has 3 aromatic heterocycles. The molecule has 0 bridgehead atoms. The first kappa shape index (κ1) is 18.1. The second-order valence-electron chi connectivity index (χ2n) is 5.56. The van der Waals surface area contributed by atoms with Crippen LogP contribution < -0.4 is 10.9 Å². The third kappa shape index (κ3) is 3.92. The minimum Gasteiger partial charge on any atom is -0.466 e. The number of nitrogens with zero attached hydrogens (tertiary/aromatic N) is 2. The van der Waals surface area contributed by atoms with Crippen molar-refractivity contribution in [1.82, 2.24) is 25.6 Å². The molecule has 0 atom stereocenters. The lowest BCUT2D eigenvalue weighted by Gasteiger charge is -2.08. The van der Waals surface area contributed by atoms with Crippen molar-refractivity contribution in [3.8, 4) is 10.7 Å². The number of hydrogen-bond donors (Lipinski definition) is 3. The SMILES string of the molecule is Cc1cc(C(=O)NNC(=O)CCn2c(-c3cccs3)n[nH]c2=S)c(C)o1. The molecule has 0 aromatic carbocycles. The number of furan rings is 1. The molecule has 0 unspecified atom stereocenters. The number of aromatic nitrogens is 3. The van der Waals surface area contributed by atoms with Crippen LogP contribution in [0.25, 0.3) is 10.7 Å². The van der Waals surface area contributed by atoms with Crippen molar-refractivity contribution in [3.63, 3.8) is 0 Å². The van der Waals surface area contributed by atoms with Gasteiger partial charge in [0.25, 0.3) is 5.91 Å². The standard InChI is InChI=1S/C16H17N5O3S2/c1-9-8-11(10(2)24-9)15(23)19-17-13(22)5-6-21-14(18-20-16(21)25)12-4-3-7-26-12/h3-4,7-8H,5-6H2,1-2H3,(H,17,22)(H,19,23)(H,20,25). The minimum absolute atomic E-state index is 0.135. The molecule has 0 aliphatic carbocycles. The van der Waals surface area contributed by atoms with Crippen molar-refractivity contribution in [2.45, 2.75) is 26.8 Å². The first-order valence-corrected chi connectivity index (χ1v) is 9.10. The molecule has 0 fully saturated rings. The van der Waals surface area contributed by atoms with Crippen molar-refractivity contribution in [2.24, 2.45) is 0 Å². The zero-order valence-corrected chi connectivity index (χ0v) is 15.8. The monoisotopic (exact) mass is 391 g/mol. The molecule has 136 valence electrons. The summed E-state index contributed by atoms with van der Waals surface area (Å²) in [6.45, 7) is 3.78. The summed E-state index contributed by atoms with van der Waals surface area (Å²) in [5.41, 5.74) is 5.17. The lowest BCUT2D eigenvalue weighted by atomic mass is 10.2. The second kappa shape index (κ2) is 7.67. The maximum atomic E-state index is 12.1.